The van der Waals surface area contributed by atoms with E-state index in [0.717, 1.165) is 26.2 Å². The average molecular weight is 324 g/mol. The van der Waals surface area contributed by atoms with E-state index in [2.05, 4.69) is 29.7 Å². The van der Waals surface area contributed by atoms with Gasteiger partial charge in [-0.1, -0.05) is 7.43 Å². The second-order valence-corrected chi connectivity index (χ2v) is 5.31. The predicted octanol–water partition coefficient (Wildman–Crippen LogP) is 1.58. The van der Waals surface area contributed by atoms with E-state index in [-0.39, 0.29) is 20.9 Å². The van der Waals surface area contributed by atoms with Gasteiger partial charge in [0.1, 0.15) is 0 Å². The lowest BCUT2D eigenvalue weighted by atomic mass is 10.3. The fourth-order valence-electron chi connectivity index (χ4n) is 2.76. The van der Waals surface area contributed by atoms with Gasteiger partial charge in [-0.25, -0.2) is 9.97 Å². The topological polar surface area (TPSA) is 59.7 Å². The van der Waals surface area contributed by atoms with Gasteiger partial charge in [-0.3, -0.25) is 0 Å². The summed E-state index contributed by atoms with van der Waals surface area (Å²) in [4.78, 5) is 8.00. The maximum Gasteiger partial charge on any atom is 0.0948 e. The number of hydrogen-bond donors (Lipinski definition) is 2. The molecule has 2 fully saturated rings. The maximum atomic E-state index is 4.00. The minimum atomic E-state index is 0. The molecule has 0 saturated carbocycles. The van der Waals surface area contributed by atoms with Crippen LogP contribution in [0.5, 0.6) is 0 Å². The Balaban J connectivity index is 0.000000202. The van der Waals surface area contributed by atoms with Crippen molar-refractivity contribution in [2.75, 3.05) is 26.2 Å². The first-order valence-electron chi connectivity index (χ1n) is 7.30. The SMILES string of the molecule is C.S.c1cn([C@@H]2CCNC2)cn1.c1cn([C@H]2CCNC2)cn1. The van der Waals surface area contributed by atoms with E-state index in [4.69, 9.17) is 0 Å². The van der Waals surface area contributed by atoms with Crippen LogP contribution in [-0.4, -0.2) is 45.3 Å². The van der Waals surface area contributed by atoms with Crippen LogP contribution in [0.4, 0.5) is 0 Å². The zero-order valence-corrected chi connectivity index (χ0v) is 13.2. The van der Waals surface area contributed by atoms with Crippen molar-refractivity contribution in [3.05, 3.63) is 37.4 Å². The molecule has 22 heavy (non-hydrogen) atoms. The van der Waals surface area contributed by atoms with E-state index in [1.54, 1.807) is 0 Å². The molecular formula is C15H28N6S. The number of hydrogen-bond acceptors (Lipinski definition) is 4. The molecule has 6 nitrogen and oxygen atoms in total. The Morgan fingerprint density at radius 3 is 1.55 bits per heavy atom. The molecular weight excluding hydrogens is 296 g/mol. The van der Waals surface area contributed by atoms with Gasteiger partial charge in [-0.2, -0.15) is 13.5 Å². The van der Waals surface area contributed by atoms with E-state index < -0.39 is 0 Å². The van der Waals surface area contributed by atoms with Crippen molar-refractivity contribution in [1.29, 1.82) is 0 Å². The zero-order valence-electron chi connectivity index (χ0n) is 12.2. The number of imidazole rings is 2. The van der Waals surface area contributed by atoms with Crippen molar-refractivity contribution in [3.63, 3.8) is 0 Å². The molecule has 0 aliphatic carbocycles. The molecule has 0 spiro atoms. The van der Waals surface area contributed by atoms with Gasteiger partial charge in [-0.05, 0) is 25.9 Å². The van der Waals surface area contributed by atoms with Crippen molar-refractivity contribution < 1.29 is 0 Å². The van der Waals surface area contributed by atoms with Gasteiger partial charge in [-0.15, -0.1) is 0 Å². The molecule has 4 heterocycles. The highest BCUT2D eigenvalue weighted by Crippen LogP contribution is 2.13. The number of aromatic nitrogens is 4. The summed E-state index contributed by atoms with van der Waals surface area (Å²) in [5.41, 5.74) is 0. The molecule has 2 saturated heterocycles. The maximum absolute atomic E-state index is 4.00. The van der Waals surface area contributed by atoms with Crippen molar-refractivity contribution in [1.82, 2.24) is 29.7 Å². The first kappa shape index (κ1) is 18.7. The number of nitrogens with one attached hydrogen (secondary N) is 2. The molecule has 124 valence electrons. The zero-order chi connectivity index (χ0) is 13.6. The molecule has 2 aromatic rings. The third-order valence-corrected chi connectivity index (χ3v) is 3.96. The molecule has 0 bridgehead atoms. The van der Waals surface area contributed by atoms with Crippen molar-refractivity contribution in [2.45, 2.75) is 32.4 Å². The summed E-state index contributed by atoms with van der Waals surface area (Å²) in [6, 6.07) is 1.28. The van der Waals surface area contributed by atoms with Crippen molar-refractivity contribution in [3.8, 4) is 0 Å². The second kappa shape index (κ2) is 9.66. The average Bonchev–Trinajstić information content (AvgIpc) is 3.29. The normalized spacial score (nSPS) is 23.1. The Morgan fingerprint density at radius 2 is 1.27 bits per heavy atom. The molecule has 4 rings (SSSR count). The molecule has 2 aliphatic rings. The summed E-state index contributed by atoms with van der Waals surface area (Å²) in [7, 11) is 0. The molecule has 2 aliphatic heterocycles. The minimum absolute atomic E-state index is 0. The molecule has 7 heteroatoms. The minimum Gasteiger partial charge on any atom is -0.333 e. The Morgan fingerprint density at radius 1 is 0.818 bits per heavy atom. The van der Waals surface area contributed by atoms with Gasteiger partial charge in [0.15, 0.2) is 0 Å². The highest BCUT2D eigenvalue weighted by Gasteiger charge is 2.15. The first-order valence-corrected chi connectivity index (χ1v) is 7.30. The molecule has 0 radical (unpaired) electrons. The Kier molecular flexibility index (Phi) is 8.22. The van der Waals surface area contributed by atoms with Crippen molar-refractivity contribution >= 4 is 13.5 Å². The van der Waals surface area contributed by atoms with Crippen LogP contribution >= 0.6 is 13.5 Å². The predicted molar refractivity (Wildman–Crippen MR) is 94.6 cm³/mol. The summed E-state index contributed by atoms with van der Waals surface area (Å²) in [5, 5.41) is 6.62. The second-order valence-electron chi connectivity index (χ2n) is 5.31. The van der Waals surface area contributed by atoms with E-state index in [9.17, 15) is 0 Å². The van der Waals surface area contributed by atoms with E-state index in [1.807, 2.05) is 37.4 Å². The first-order chi connectivity index (χ1) is 9.93. The van der Waals surface area contributed by atoms with Crippen LogP contribution in [0.15, 0.2) is 37.4 Å². The lowest BCUT2D eigenvalue weighted by Crippen LogP contribution is -2.11. The van der Waals surface area contributed by atoms with E-state index in [1.165, 1.54) is 12.8 Å². The van der Waals surface area contributed by atoms with Gasteiger partial charge in [0.2, 0.25) is 0 Å². The molecule has 0 amide bonds. The van der Waals surface area contributed by atoms with Crippen molar-refractivity contribution in [2.24, 2.45) is 0 Å². The van der Waals surface area contributed by atoms with Gasteiger partial charge >= 0.3 is 0 Å². The van der Waals surface area contributed by atoms with Gasteiger partial charge in [0.25, 0.3) is 0 Å². The third kappa shape index (κ3) is 4.86. The molecule has 2 N–H and O–H groups in total. The molecule has 2 atom stereocenters. The Hall–Kier alpha value is -1.31. The standard InChI is InChI=1S/2C7H11N3.CH4.H2S/c2*1-2-8-5-7(1)10-4-3-9-6-10;;/h2*3-4,6-8H,1-2,5H2;1H4;1H2/t2*7-;;/m10../s1. The monoisotopic (exact) mass is 324 g/mol. The lowest BCUT2D eigenvalue weighted by molar-refractivity contribution is 0.546. The van der Waals surface area contributed by atoms with Gasteiger partial charge in [0, 0.05) is 50.0 Å². The van der Waals surface area contributed by atoms with Crippen LogP contribution in [0, 0.1) is 0 Å². The highest BCUT2D eigenvalue weighted by atomic mass is 32.1. The summed E-state index contributed by atoms with van der Waals surface area (Å²) >= 11 is 0. The van der Waals surface area contributed by atoms with Crippen LogP contribution in [0.2, 0.25) is 0 Å². The van der Waals surface area contributed by atoms with Gasteiger partial charge < -0.3 is 19.8 Å². The molecule has 0 aromatic carbocycles. The summed E-state index contributed by atoms with van der Waals surface area (Å²) in [5.74, 6) is 0. The summed E-state index contributed by atoms with van der Waals surface area (Å²) < 4.78 is 4.33. The smallest absolute Gasteiger partial charge is 0.0948 e. The van der Waals surface area contributed by atoms with Crippen LogP contribution < -0.4 is 10.6 Å². The Bertz CT molecular complexity index is 426. The fourth-order valence-corrected chi connectivity index (χ4v) is 2.76. The van der Waals surface area contributed by atoms with Gasteiger partial charge in [0.05, 0.1) is 12.7 Å². The molecule has 2 aromatic heterocycles. The van der Waals surface area contributed by atoms with Crippen LogP contribution in [0.25, 0.3) is 0 Å². The van der Waals surface area contributed by atoms with Crippen LogP contribution in [-0.2, 0) is 0 Å². The number of rotatable bonds is 2. The Labute approximate surface area is 139 Å². The fraction of sp³-hybridized carbons (Fsp3) is 0.600. The summed E-state index contributed by atoms with van der Waals surface area (Å²) in [6.07, 6.45) is 14.0. The summed E-state index contributed by atoms with van der Waals surface area (Å²) in [6.45, 7) is 4.47. The highest BCUT2D eigenvalue weighted by molar-refractivity contribution is 7.59. The van der Waals surface area contributed by atoms with E-state index in [0.29, 0.717) is 12.1 Å². The quantitative estimate of drug-likeness (QED) is 0.881. The number of nitrogens with zero attached hydrogens (tertiary/aromatic N) is 4. The third-order valence-electron chi connectivity index (χ3n) is 3.96. The largest absolute Gasteiger partial charge is 0.333 e. The van der Waals surface area contributed by atoms with Crippen LogP contribution in [0.1, 0.15) is 32.4 Å². The van der Waals surface area contributed by atoms with Crippen LogP contribution in [0.3, 0.4) is 0 Å². The lowest BCUT2D eigenvalue weighted by Gasteiger charge is -2.07. The van der Waals surface area contributed by atoms with E-state index >= 15 is 0 Å². The molecule has 0 unspecified atom stereocenters.